The molecule has 4 rings (SSSR count). The van der Waals surface area contributed by atoms with Crippen LogP contribution in [0.1, 0.15) is 23.5 Å². The van der Waals surface area contributed by atoms with Crippen molar-refractivity contribution in [3.8, 4) is 11.4 Å². The molecule has 0 unspecified atom stereocenters. The first-order valence-electron chi connectivity index (χ1n) is 8.97. The molecule has 2 amide bonds. The normalized spacial score (nSPS) is 15.5. The number of nitrogens with one attached hydrogen (secondary N) is 2. The maximum Gasteiger partial charge on any atom is 0.228 e. The van der Waals surface area contributed by atoms with Gasteiger partial charge in [-0.15, -0.1) is 0 Å². The van der Waals surface area contributed by atoms with Gasteiger partial charge < -0.3 is 19.9 Å². The van der Waals surface area contributed by atoms with Crippen molar-refractivity contribution in [2.45, 2.75) is 18.9 Å². The zero-order valence-corrected chi connectivity index (χ0v) is 15.4. The summed E-state index contributed by atoms with van der Waals surface area (Å²) in [5.74, 6) is -0.265. The quantitative estimate of drug-likeness (QED) is 0.717. The van der Waals surface area contributed by atoms with Gasteiger partial charge in [-0.1, -0.05) is 18.2 Å². The summed E-state index contributed by atoms with van der Waals surface area (Å²) in [4.78, 5) is 29.0. The lowest BCUT2D eigenvalue weighted by molar-refractivity contribution is -0.126. The number of ether oxygens (including phenoxy) is 1. The van der Waals surface area contributed by atoms with Gasteiger partial charge in [-0.3, -0.25) is 9.59 Å². The van der Waals surface area contributed by atoms with Crippen molar-refractivity contribution in [3.05, 3.63) is 72.3 Å². The second kappa shape index (κ2) is 7.56. The monoisotopic (exact) mass is 376 g/mol. The maximum atomic E-state index is 12.9. The van der Waals surface area contributed by atoms with Crippen molar-refractivity contribution in [1.82, 2.24) is 14.9 Å². The minimum atomic E-state index is -0.556. The highest BCUT2D eigenvalue weighted by atomic mass is 16.5. The topological polar surface area (TPSA) is 85.2 Å². The first kappa shape index (κ1) is 17.8. The molecule has 0 radical (unpaired) electrons. The largest absolute Gasteiger partial charge is 0.497 e. The number of rotatable bonds is 5. The number of carbonyl (C=O) groups excluding carboxylic acids is 2. The Morgan fingerprint density at radius 3 is 2.96 bits per heavy atom. The molecule has 0 spiro atoms. The summed E-state index contributed by atoms with van der Waals surface area (Å²) in [6.45, 7) is 0.352. The van der Waals surface area contributed by atoms with Gasteiger partial charge in [0.15, 0.2) is 0 Å². The number of para-hydroxylation sites is 1. The van der Waals surface area contributed by atoms with Gasteiger partial charge in [-0.05, 0) is 35.4 Å². The lowest BCUT2D eigenvalue weighted by Crippen LogP contribution is -2.35. The van der Waals surface area contributed by atoms with Crippen molar-refractivity contribution in [2.75, 3.05) is 12.4 Å². The Kier molecular flexibility index (Phi) is 4.80. The molecule has 7 heteroatoms. The highest BCUT2D eigenvalue weighted by molar-refractivity contribution is 6.01. The summed E-state index contributed by atoms with van der Waals surface area (Å²) in [6, 6.07) is 13.1. The van der Waals surface area contributed by atoms with Crippen molar-refractivity contribution >= 4 is 17.5 Å². The van der Waals surface area contributed by atoms with E-state index in [-0.39, 0.29) is 18.2 Å². The standard InChI is InChI=1S/C21H20N4O3/c1-28-15-6-7-18-16(10-15)17(11-20(26)24-18)21(27)23-12-14-4-2-3-5-19(14)25-9-8-22-13-25/h2-10,13,17H,11-12H2,1H3,(H,23,27)(H,24,26)/t17-/m1/s1. The molecule has 0 saturated heterocycles. The molecule has 0 fully saturated rings. The molecule has 1 atom stereocenters. The van der Waals surface area contributed by atoms with Gasteiger partial charge in [0.1, 0.15) is 5.75 Å². The van der Waals surface area contributed by atoms with Gasteiger partial charge in [0.25, 0.3) is 0 Å². The predicted molar refractivity (Wildman–Crippen MR) is 104 cm³/mol. The molecule has 1 aliphatic rings. The average Bonchev–Trinajstić information content (AvgIpc) is 3.26. The summed E-state index contributed by atoms with van der Waals surface area (Å²) in [6.07, 6.45) is 5.39. The van der Waals surface area contributed by atoms with Gasteiger partial charge in [-0.2, -0.15) is 0 Å². The molecule has 2 N–H and O–H groups in total. The molecule has 2 heterocycles. The Labute approximate surface area is 162 Å². The van der Waals surface area contributed by atoms with Gasteiger partial charge in [0.2, 0.25) is 11.8 Å². The molecule has 3 aromatic rings. The van der Waals surface area contributed by atoms with Gasteiger partial charge in [0, 0.05) is 31.0 Å². The summed E-state index contributed by atoms with van der Waals surface area (Å²) < 4.78 is 7.17. The predicted octanol–water partition coefficient (Wildman–Crippen LogP) is 2.62. The van der Waals surface area contributed by atoms with E-state index in [1.807, 2.05) is 35.0 Å². The van der Waals surface area contributed by atoms with Crippen molar-refractivity contribution in [1.29, 1.82) is 0 Å². The highest BCUT2D eigenvalue weighted by Gasteiger charge is 2.31. The van der Waals surface area contributed by atoms with E-state index in [2.05, 4.69) is 15.6 Å². The van der Waals surface area contributed by atoms with Gasteiger partial charge in [0.05, 0.1) is 25.0 Å². The van der Waals surface area contributed by atoms with Crippen LogP contribution in [-0.2, 0) is 16.1 Å². The first-order valence-corrected chi connectivity index (χ1v) is 8.97. The second-order valence-corrected chi connectivity index (χ2v) is 6.57. The van der Waals surface area contributed by atoms with E-state index in [4.69, 9.17) is 4.74 Å². The van der Waals surface area contributed by atoms with Crippen LogP contribution in [-0.4, -0.2) is 28.5 Å². The average molecular weight is 376 g/mol. The number of benzene rings is 2. The number of anilines is 1. The van der Waals surface area contributed by atoms with Crippen LogP contribution in [0.25, 0.3) is 5.69 Å². The Balaban J connectivity index is 1.55. The Bertz CT molecular complexity index is 1010. The summed E-state index contributed by atoms with van der Waals surface area (Å²) in [7, 11) is 1.57. The molecule has 2 aromatic carbocycles. The fourth-order valence-corrected chi connectivity index (χ4v) is 3.42. The van der Waals surface area contributed by atoms with Crippen LogP contribution in [0, 0.1) is 0 Å². The van der Waals surface area contributed by atoms with Crippen LogP contribution < -0.4 is 15.4 Å². The molecule has 28 heavy (non-hydrogen) atoms. The molecule has 1 aromatic heterocycles. The van der Waals surface area contributed by atoms with Crippen LogP contribution in [0.15, 0.2) is 61.2 Å². The zero-order chi connectivity index (χ0) is 19.5. The zero-order valence-electron chi connectivity index (χ0n) is 15.4. The number of hydrogen-bond donors (Lipinski definition) is 2. The maximum absolute atomic E-state index is 12.9. The van der Waals surface area contributed by atoms with Crippen LogP contribution in [0.3, 0.4) is 0 Å². The van der Waals surface area contributed by atoms with E-state index in [9.17, 15) is 9.59 Å². The Hall–Kier alpha value is -3.61. The molecule has 142 valence electrons. The number of methoxy groups -OCH3 is 1. The van der Waals surface area contributed by atoms with E-state index in [0.29, 0.717) is 18.0 Å². The molecular weight excluding hydrogens is 356 g/mol. The van der Waals surface area contributed by atoms with Crippen LogP contribution in [0.4, 0.5) is 5.69 Å². The minimum Gasteiger partial charge on any atom is -0.497 e. The van der Waals surface area contributed by atoms with E-state index < -0.39 is 5.92 Å². The van der Waals surface area contributed by atoms with E-state index >= 15 is 0 Å². The van der Waals surface area contributed by atoms with Crippen molar-refractivity contribution < 1.29 is 14.3 Å². The lowest BCUT2D eigenvalue weighted by atomic mass is 9.89. The van der Waals surface area contributed by atoms with Gasteiger partial charge >= 0.3 is 0 Å². The molecule has 0 saturated carbocycles. The fourth-order valence-electron chi connectivity index (χ4n) is 3.42. The van der Waals surface area contributed by atoms with Crippen LogP contribution in [0.2, 0.25) is 0 Å². The van der Waals surface area contributed by atoms with Crippen LogP contribution >= 0.6 is 0 Å². The van der Waals surface area contributed by atoms with E-state index in [1.165, 1.54) is 0 Å². The van der Waals surface area contributed by atoms with Crippen molar-refractivity contribution in [3.63, 3.8) is 0 Å². The van der Waals surface area contributed by atoms with Gasteiger partial charge in [-0.25, -0.2) is 4.98 Å². The first-order chi connectivity index (χ1) is 13.7. The number of imidazole rings is 1. The number of hydrogen-bond acceptors (Lipinski definition) is 4. The number of amides is 2. The minimum absolute atomic E-state index is 0.106. The fraction of sp³-hybridized carbons (Fsp3) is 0.190. The third-order valence-corrected chi connectivity index (χ3v) is 4.84. The smallest absolute Gasteiger partial charge is 0.228 e. The lowest BCUT2D eigenvalue weighted by Gasteiger charge is -2.25. The third-order valence-electron chi connectivity index (χ3n) is 4.84. The van der Waals surface area contributed by atoms with Crippen LogP contribution in [0.5, 0.6) is 5.75 Å². The Morgan fingerprint density at radius 1 is 1.32 bits per heavy atom. The van der Waals surface area contributed by atoms with Crippen molar-refractivity contribution in [2.24, 2.45) is 0 Å². The number of carbonyl (C=O) groups is 2. The summed E-state index contributed by atoms with van der Waals surface area (Å²) >= 11 is 0. The number of nitrogens with zero attached hydrogens (tertiary/aromatic N) is 2. The van der Waals surface area contributed by atoms with E-state index in [1.54, 1.807) is 37.8 Å². The number of aromatic nitrogens is 2. The highest BCUT2D eigenvalue weighted by Crippen LogP contribution is 2.35. The SMILES string of the molecule is COc1ccc2c(c1)[C@H](C(=O)NCc1ccccc1-n1ccnc1)CC(=O)N2. The Morgan fingerprint density at radius 2 is 2.18 bits per heavy atom. The number of fused-ring (bicyclic) bond motifs is 1. The molecule has 1 aliphatic heterocycles. The molecular formula is C21H20N4O3. The molecule has 7 nitrogen and oxygen atoms in total. The third kappa shape index (κ3) is 3.46. The molecule has 0 bridgehead atoms. The molecule has 0 aliphatic carbocycles. The summed E-state index contributed by atoms with van der Waals surface area (Å²) in [5.41, 5.74) is 3.32. The summed E-state index contributed by atoms with van der Waals surface area (Å²) in [5, 5.41) is 5.79. The second-order valence-electron chi connectivity index (χ2n) is 6.57. The van der Waals surface area contributed by atoms with E-state index in [0.717, 1.165) is 16.8 Å².